The normalized spacial score (nSPS) is 10.7. The zero-order valence-corrected chi connectivity index (χ0v) is 13.0. The van der Waals surface area contributed by atoms with Crippen LogP contribution in [0.15, 0.2) is 35.3 Å². The van der Waals surface area contributed by atoms with Crippen LogP contribution < -0.4 is 10.3 Å². The van der Waals surface area contributed by atoms with Gasteiger partial charge in [0.25, 0.3) is 5.56 Å². The molecular weight excluding hydrogens is 319 g/mol. The zero-order chi connectivity index (χ0) is 16.9. The molecular formula is C15H15ClF3NO2. The number of nitrogens with one attached hydrogen (secondary N) is 1. The Kier molecular flexibility index (Phi) is 6.05. The van der Waals surface area contributed by atoms with Crippen molar-refractivity contribution in [3.05, 3.63) is 57.0 Å². The molecule has 1 aromatic heterocycles. The SMILES string of the molecule is CC.Cc1cc(Cl)cc(Oc2c(C(F)(F)F)cc[nH]c2=O)c1. The van der Waals surface area contributed by atoms with Crippen molar-refractivity contribution >= 4 is 11.6 Å². The molecule has 3 nitrogen and oxygen atoms in total. The molecule has 0 aliphatic rings. The van der Waals surface area contributed by atoms with Gasteiger partial charge in [-0.05, 0) is 36.8 Å². The molecule has 0 unspecified atom stereocenters. The average Bonchev–Trinajstić information content (AvgIpc) is 2.41. The van der Waals surface area contributed by atoms with Crippen molar-refractivity contribution in [2.45, 2.75) is 26.9 Å². The molecule has 1 aromatic carbocycles. The number of pyridine rings is 1. The predicted molar refractivity (Wildman–Crippen MR) is 79.7 cm³/mol. The first-order valence-electron chi connectivity index (χ1n) is 6.51. The summed E-state index contributed by atoms with van der Waals surface area (Å²) >= 11 is 5.80. The van der Waals surface area contributed by atoms with Crippen molar-refractivity contribution in [2.24, 2.45) is 0 Å². The van der Waals surface area contributed by atoms with Crippen molar-refractivity contribution in [3.63, 3.8) is 0 Å². The van der Waals surface area contributed by atoms with Gasteiger partial charge in [-0.15, -0.1) is 0 Å². The fraction of sp³-hybridized carbons (Fsp3) is 0.267. The summed E-state index contributed by atoms with van der Waals surface area (Å²) in [6, 6.07) is 5.18. The highest BCUT2D eigenvalue weighted by Gasteiger charge is 2.35. The Morgan fingerprint density at radius 1 is 1.18 bits per heavy atom. The molecule has 1 heterocycles. The molecule has 120 valence electrons. The van der Waals surface area contributed by atoms with Crippen LogP contribution in [0.5, 0.6) is 11.5 Å². The fourth-order valence-corrected chi connectivity index (χ4v) is 1.95. The lowest BCUT2D eigenvalue weighted by Crippen LogP contribution is -2.16. The monoisotopic (exact) mass is 333 g/mol. The summed E-state index contributed by atoms with van der Waals surface area (Å²) in [5.74, 6) is -0.737. The molecule has 2 rings (SSSR count). The number of ether oxygens (including phenoxy) is 1. The van der Waals surface area contributed by atoms with Crippen LogP contribution in [0.4, 0.5) is 13.2 Å². The molecule has 22 heavy (non-hydrogen) atoms. The Morgan fingerprint density at radius 3 is 2.36 bits per heavy atom. The van der Waals surface area contributed by atoms with Crippen LogP contribution in [0.2, 0.25) is 5.02 Å². The number of hydrogen-bond donors (Lipinski definition) is 1. The number of hydrogen-bond acceptors (Lipinski definition) is 2. The number of aryl methyl sites for hydroxylation is 1. The number of aromatic amines is 1. The standard InChI is InChI=1S/C13H9ClF3NO2.C2H6/c1-7-4-8(14)6-9(5-7)20-11-10(13(15,16)17)2-3-18-12(11)19;1-2/h2-6H,1H3,(H,18,19);1-2H3. The molecule has 0 saturated heterocycles. The van der Waals surface area contributed by atoms with Gasteiger partial charge in [0.1, 0.15) is 11.3 Å². The van der Waals surface area contributed by atoms with Crippen molar-refractivity contribution < 1.29 is 17.9 Å². The lowest BCUT2D eigenvalue weighted by Gasteiger charge is -2.12. The number of rotatable bonds is 2. The summed E-state index contributed by atoms with van der Waals surface area (Å²) in [4.78, 5) is 13.7. The minimum absolute atomic E-state index is 0.0669. The van der Waals surface area contributed by atoms with Crippen LogP contribution in [0, 0.1) is 6.92 Å². The predicted octanol–water partition coefficient (Wildman–Crippen LogP) is 5.17. The maximum atomic E-state index is 12.8. The van der Waals surface area contributed by atoms with E-state index in [9.17, 15) is 18.0 Å². The van der Waals surface area contributed by atoms with Crippen molar-refractivity contribution in [2.75, 3.05) is 0 Å². The highest BCUT2D eigenvalue weighted by atomic mass is 35.5. The topological polar surface area (TPSA) is 42.1 Å². The Bertz CT molecular complexity index is 676. The lowest BCUT2D eigenvalue weighted by molar-refractivity contribution is -0.138. The van der Waals surface area contributed by atoms with Crippen molar-refractivity contribution in [1.29, 1.82) is 0 Å². The molecule has 0 atom stereocenters. The molecule has 0 radical (unpaired) electrons. The van der Waals surface area contributed by atoms with Gasteiger partial charge in [0.05, 0.1) is 0 Å². The number of alkyl halides is 3. The van der Waals surface area contributed by atoms with E-state index in [4.69, 9.17) is 16.3 Å². The maximum Gasteiger partial charge on any atom is 0.420 e. The van der Waals surface area contributed by atoms with E-state index in [0.717, 1.165) is 12.3 Å². The molecule has 2 aromatic rings. The Hall–Kier alpha value is -1.95. The summed E-state index contributed by atoms with van der Waals surface area (Å²) in [6.07, 6.45) is -3.77. The lowest BCUT2D eigenvalue weighted by atomic mass is 10.2. The van der Waals surface area contributed by atoms with Crippen LogP contribution >= 0.6 is 11.6 Å². The van der Waals surface area contributed by atoms with Gasteiger partial charge in [0, 0.05) is 11.2 Å². The van der Waals surface area contributed by atoms with E-state index in [0.29, 0.717) is 10.6 Å². The van der Waals surface area contributed by atoms with Crippen LogP contribution in [-0.2, 0) is 6.18 Å². The van der Waals surface area contributed by atoms with Gasteiger partial charge in [-0.3, -0.25) is 4.79 Å². The number of aromatic nitrogens is 1. The number of halogens is 4. The Labute approximate surface area is 130 Å². The summed E-state index contributed by atoms with van der Waals surface area (Å²) in [6.45, 7) is 5.71. The van der Waals surface area contributed by atoms with Gasteiger partial charge >= 0.3 is 6.18 Å². The molecule has 0 aliphatic heterocycles. The molecule has 0 aliphatic carbocycles. The van der Waals surface area contributed by atoms with Crippen molar-refractivity contribution in [3.8, 4) is 11.5 Å². The maximum absolute atomic E-state index is 12.8. The minimum atomic E-state index is -4.68. The van der Waals surface area contributed by atoms with E-state index in [1.165, 1.54) is 12.1 Å². The van der Waals surface area contributed by atoms with Gasteiger partial charge < -0.3 is 9.72 Å². The third-order valence-corrected chi connectivity index (χ3v) is 2.67. The molecule has 1 N–H and O–H groups in total. The molecule has 0 bridgehead atoms. The van der Waals surface area contributed by atoms with Crippen LogP contribution in [-0.4, -0.2) is 4.98 Å². The second-order valence-electron chi connectivity index (χ2n) is 4.11. The Balaban J connectivity index is 0.00000116. The molecule has 0 amide bonds. The molecule has 0 saturated carbocycles. The quantitative estimate of drug-likeness (QED) is 0.823. The van der Waals surface area contributed by atoms with Crippen molar-refractivity contribution in [1.82, 2.24) is 4.98 Å². The summed E-state index contributed by atoms with van der Waals surface area (Å²) in [7, 11) is 0. The Morgan fingerprint density at radius 2 is 1.82 bits per heavy atom. The van der Waals surface area contributed by atoms with Gasteiger partial charge in [-0.25, -0.2) is 0 Å². The van der Waals surface area contributed by atoms with E-state index < -0.39 is 23.0 Å². The average molecular weight is 334 g/mol. The highest BCUT2D eigenvalue weighted by Crippen LogP contribution is 2.36. The van der Waals surface area contributed by atoms with E-state index in [1.54, 1.807) is 13.0 Å². The van der Waals surface area contributed by atoms with Crippen LogP contribution in [0.3, 0.4) is 0 Å². The van der Waals surface area contributed by atoms with Gasteiger partial charge in [-0.2, -0.15) is 13.2 Å². The largest absolute Gasteiger partial charge is 0.451 e. The van der Waals surface area contributed by atoms with E-state index in [-0.39, 0.29) is 5.75 Å². The second-order valence-corrected chi connectivity index (χ2v) is 4.55. The summed E-state index contributed by atoms with van der Waals surface area (Å²) in [5, 5.41) is 0.306. The number of benzene rings is 1. The first-order chi connectivity index (χ1) is 10.3. The number of H-pyrrole nitrogens is 1. The fourth-order valence-electron chi connectivity index (χ4n) is 1.67. The van der Waals surface area contributed by atoms with E-state index in [1.807, 2.05) is 13.8 Å². The zero-order valence-electron chi connectivity index (χ0n) is 12.2. The summed E-state index contributed by atoms with van der Waals surface area (Å²) < 4.78 is 43.6. The molecule has 7 heteroatoms. The van der Waals surface area contributed by atoms with E-state index in [2.05, 4.69) is 4.98 Å². The molecule has 0 spiro atoms. The van der Waals surface area contributed by atoms with Gasteiger partial charge in [0.15, 0.2) is 0 Å². The second kappa shape index (κ2) is 7.35. The van der Waals surface area contributed by atoms with Crippen LogP contribution in [0.1, 0.15) is 25.0 Å². The third-order valence-electron chi connectivity index (χ3n) is 2.46. The van der Waals surface area contributed by atoms with Crippen LogP contribution in [0.25, 0.3) is 0 Å². The summed E-state index contributed by atoms with van der Waals surface area (Å²) in [5.41, 5.74) is -1.40. The van der Waals surface area contributed by atoms with Gasteiger partial charge in [-0.1, -0.05) is 25.4 Å². The third kappa shape index (κ3) is 4.53. The highest BCUT2D eigenvalue weighted by molar-refractivity contribution is 6.30. The first kappa shape index (κ1) is 18.1. The first-order valence-corrected chi connectivity index (χ1v) is 6.89. The minimum Gasteiger partial charge on any atom is -0.451 e. The van der Waals surface area contributed by atoms with E-state index >= 15 is 0 Å². The van der Waals surface area contributed by atoms with Gasteiger partial charge in [0.2, 0.25) is 5.75 Å². The smallest absolute Gasteiger partial charge is 0.420 e. The molecule has 0 fully saturated rings.